The molecular formula is C12H18N2O2. The smallest absolute Gasteiger partial charge is 0.248 e. The summed E-state index contributed by atoms with van der Waals surface area (Å²) in [5.74, 6) is -0.413. The molecule has 0 heterocycles. The Morgan fingerprint density at radius 2 is 2.00 bits per heavy atom. The number of nitrogens with zero attached hydrogens (tertiary/aromatic N) is 1. The molecule has 0 saturated heterocycles. The molecule has 4 nitrogen and oxygen atoms in total. The minimum Gasteiger partial charge on any atom is -0.395 e. The average Bonchev–Trinajstić information content (AvgIpc) is 2.28. The van der Waals surface area contributed by atoms with Crippen LogP contribution in [0.1, 0.15) is 22.8 Å². The van der Waals surface area contributed by atoms with Crippen molar-refractivity contribution in [2.75, 3.05) is 13.7 Å². The first-order valence-corrected chi connectivity index (χ1v) is 5.24. The first-order valence-electron chi connectivity index (χ1n) is 5.24. The molecule has 1 aromatic carbocycles. The highest BCUT2D eigenvalue weighted by Crippen LogP contribution is 2.08. The summed E-state index contributed by atoms with van der Waals surface area (Å²) in [7, 11) is 1.95. The number of aliphatic hydroxyl groups is 1. The van der Waals surface area contributed by atoms with Crippen LogP contribution in [0.3, 0.4) is 0 Å². The molecule has 16 heavy (non-hydrogen) atoms. The lowest BCUT2D eigenvalue weighted by Gasteiger charge is -2.22. The molecule has 0 radical (unpaired) electrons. The zero-order valence-electron chi connectivity index (χ0n) is 9.68. The molecule has 0 bridgehead atoms. The van der Waals surface area contributed by atoms with Crippen molar-refractivity contribution in [1.29, 1.82) is 0 Å². The van der Waals surface area contributed by atoms with E-state index >= 15 is 0 Å². The van der Waals surface area contributed by atoms with E-state index in [0.717, 1.165) is 12.1 Å². The van der Waals surface area contributed by atoms with Crippen LogP contribution in [-0.4, -0.2) is 35.6 Å². The number of primary amides is 1. The molecule has 1 atom stereocenters. The largest absolute Gasteiger partial charge is 0.395 e. The van der Waals surface area contributed by atoms with Gasteiger partial charge in [-0.3, -0.25) is 9.69 Å². The number of carbonyl (C=O) groups excluding carboxylic acids is 1. The lowest BCUT2D eigenvalue weighted by molar-refractivity contribution is 0.100. The second-order valence-electron chi connectivity index (χ2n) is 4.01. The predicted molar refractivity (Wildman–Crippen MR) is 63.0 cm³/mol. The van der Waals surface area contributed by atoms with E-state index in [0.29, 0.717) is 5.56 Å². The van der Waals surface area contributed by atoms with Crippen LogP contribution in [-0.2, 0) is 6.54 Å². The number of aliphatic hydroxyl groups excluding tert-OH is 1. The van der Waals surface area contributed by atoms with E-state index in [4.69, 9.17) is 10.8 Å². The maximum atomic E-state index is 10.9. The number of benzene rings is 1. The number of rotatable bonds is 5. The summed E-state index contributed by atoms with van der Waals surface area (Å²) in [6.07, 6.45) is 0. The monoisotopic (exact) mass is 222 g/mol. The fourth-order valence-corrected chi connectivity index (χ4v) is 1.36. The molecular weight excluding hydrogens is 204 g/mol. The number of carbonyl (C=O) groups is 1. The van der Waals surface area contributed by atoms with E-state index in [-0.39, 0.29) is 12.6 Å². The zero-order chi connectivity index (χ0) is 12.1. The van der Waals surface area contributed by atoms with Crippen LogP contribution in [0.5, 0.6) is 0 Å². The Bertz CT molecular complexity index is 349. The van der Waals surface area contributed by atoms with Gasteiger partial charge in [-0.2, -0.15) is 0 Å². The van der Waals surface area contributed by atoms with E-state index < -0.39 is 5.91 Å². The lowest BCUT2D eigenvalue weighted by atomic mass is 10.1. The van der Waals surface area contributed by atoms with E-state index in [2.05, 4.69) is 0 Å². The van der Waals surface area contributed by atoms with Crippen molar-refractivity contribution in [3.8, 4) is 0 Å². The van der Waals surface area contributed by atoms with Gasteiger partial charge in [-0.1, -0.05) is 12.1 Å². The van der Waals surface area contributed by atoms with Gasteiger partial charge in [0.15, 0.2) is 0 Å². The van der Waals surface area contributed by atoms with Gasteiger partial charge in [0.05, 0.1) is 6.61 Å². The quantitative estimate of drug-likeness (QED) is 0.766. The summed E-state index contributed by atoms with van der Waals surface area (Å²) in [6, 6.07) is 7.31. The van der Waals surface area contributed by atoms with Crippen molar-refractivity contribution in [1.82, 2.24) is 4.90 Å². The fourth-order valence-electron chi connectivity index (χ4n) is 1.36. The minimum absolute atomic E-state index is 0.121. The minimum atomic E-state index is -0.413. The van der Waals surface area contributed by atoms with Gasteiger partial charge in [0.25, 0.3) is 0 Å². The predicted octanol–water partition coefficient (Wildman–Crippen LogP) is 0.598. The number of nitrogens with two attached hydrogens (primary N) is 1. The summed E-state index contributed by atoms with van der Waals surface area (Å²) in [5, 5.41) is 9.00. The van der Waals surface area contributed by atoms with E-state index in [1.807, 2.05) is 31.0 Å². The molecule has 0 spiro atoms. The molecule has 1 rings (SSSR count). The van der Waals surface area contributed by atoms with E-state index in [9.17, 15) is 4.79 Å². The van der Waals surface area contributed by atoms with Crippen LogP contribution in [0, 0.1) is 0 Å². The third-order valence-corrected chi connectivity index (χ3v) is 2.69. The fraction of sp³-hybridized carbons (Fsp3) is 0.417. The van der Waals surface area contributed by atoms with Gasteiger partial charge >= 0.3 is 0 Å². The number of hydrogen-bond acceptors (Lipinski definition) is 3. The van der Waals surface area contributed by atoms with Crippen LogP contribution in [0.25, 0.3) is 0 Å². The molecule has 0 aliphatic heterocycles. The Morgan fingerprint density at radius 1 is 1.44 bits per heavy atom. The second-order valence-corrected chi connectivity index (χ2v) is 4.01. The van der Waals surface area contributed by atoms with Gasteiger partial charge in [-0.05, 0) is 31.7 Å². The Kier molecular flexibility index (Phi) is 4.46. The van der Waals surface area contributed by atoms with Crippen LogP contribution >= 0.6 is 0 Å². The third kappa shape index (κ3) is 3.32. The highest BCUT2D eigenvalue weighted by molar-refractivity contribution is 5.92. The average molecular weight is 222 g/mol. The highest BCUT2D eigenvalue weighted by atomic mass is 16.3. The van der Waals surface area contributed by atoms with Crippen molar-refractivity contribution in [3.63, 3.8) is 0 Å². The van der Waals surface area contributed by atoms with Crippen molar-refractivity contribution in [3.05, 3.63) is 35.4 Å². The molecule has 4 heteroatoms. The molecule has 1 amide bonds. The standard InChI is InChI=1S/C12H18N2O2/c1-9(8-15)14(2)7-10-3-5-11(6-4-10)12(13)16/h3-6,9,15H,7-8H2,1-2H3,(H2,13,16). The van der Waals surface area contributed by atoms with Crippen LogP contribution < -0.4 is 5.73 Å². The molecule has 1 aromatic rings. The maximum Gasteiger partial charge on any atom is 0.248 e. The van der Waals surface area contributed by atoms with Crippen molar-refractivity contribution >= 4 is 5.91 Å². The van der Waals surface area contributed by atoms with Crippen molar-refractivity contribution in [2.45, 2.75) is 19.5 Å². The SMILES string of the molecule is CC(CO)N(C)Cc1ccc(C(N)=O)cc1. The topological polar surface area (TPSA) is 66.6 Å². The molecule has 88 valence electrons. The molecule has 0 saturated carbocycles. The van der Waals surface area contributed by atoms with Crippen molar-refractivity contribution in [2.24, 2.45) is 5.73 Å². The summed E-state index contributed by atoms with van der Waals surface area (Å²) in [6.45, 7) is 2.83. The van der Waals surface area contributed by atoms with Gasteiger partial charge in [0.2, 0.25) is 5.91 Å². The summed E-state index contributed by atoms with van der Waals surface area (Å²) in [4.78, 5) is 12.9. The summed E-state index contributed by atoms with van der Waals surface area (Å²) in [5.41, 5.74) is 6.76. The first kappa shape index (κ1) is 12.7. The molecule has 0 aliphatic rings. The Morgan fingerprint density at radius 3 is 2.44 bits per heavy atom. The normalized spacial score (nSPS) is 12.8. The summed E-state index contributed by atoms with van der Waals surface area (Å²) < 4.78 is 0. The van der Waals surface area contributed by atoms with E-state index in [1.54, 1.807) is 12.1 Å². The first-order chi connectivity index (χ1) is 7.54. The van der Waals surface area contributed by atoms with Gasteiger partial charge in [-0.25, -0.2) is 0 Å². The molecule has 3 N–H and O–H groups in total. The zero-order valence-corrected chi connectivity index (χ0v) is 9.68. The molecule has 0 aliphatic carbocycles. The third-order valence-electron chi connectivity index (χ3n) is 2.69. The molecule has 0 fully saturated rings. The Balaban J connectivity index is 2.65. The maximum absolute atomic E-state index is 10.9. The van der Waals surface area contributed by atoms with Crippen LogP contribution in [0.15, 0.2) is 24.3 Å². The van der Waals surface area contributed by atoms with Crippen molar-refractivity contribution < 1.29 is 9.90 Å². The Hall–Kier alpha value is -1.39. The number of likely N-dealkylation sites (N-methyl/N-ethyl adjacent to an activating group) is 1. The molecule has 1 unspecified atom stereocenters. The lowest BCUT2D eigenvalue weighted by Crippen LogP contribution is -2.31. The van der Waals surface area contributed by atoms with Gasteiger partial charge in [-0.15, -0.1) is 0 Å². The summed E-state index contributed by atoms with van der Waals surface area (Å²) >= 11 is 0. The van der Waals surface area contributed by atoms with E-state index in [1.165, 1.54) is 0 Å². The van der Waals surface area contributed by atoms with Gasteiger partial charge in [0, 0.05) is 18.2 Å². The molecule has 0 aromatic heterocycles. The van der Waals surface area contributed by atoms with Gasteiger partial charge < -0.3 is 10.8 Å². The Labute approximate surface area is 95.7 Å². The van der Waals surface area contributed by atoms with Crippen LogP contribution in [0.2, 0.25) is 0 Å². The highest BCUT2D eigenvalue weighted by Gasteiger charge is 2.08. The number of hydrogen-bond donors (Lipinski definition) is 2. The van der Waals surface area contributed by atoms with Crippen LogP contribution in [0.4, 0.5) is 0 Å². The van der Waals surface area contributed by atoms with Gasteiger partial charge in [0.1, 0.15) is 0 Å². The second kappa shape index (κ2) is 5.63. The number of amides is 1.